The van der Waals surface area contributed by atoms with Crippen molar-refractivity contribution in [2.45, 2.75) is 31.2 Å². The summed E-state index contributed by atoms with van der Waals surface area (Å²) in [5.41, 5.74) is -0.533. The zero-order chi connectivity index (χ0) is 18.7. The van der Waals surface area contributed by atoms with E-state index >= 15 is 0 Å². The van der Waals surface area contributed by atoms with Gasteiger partial charge >= 0.3 is 6.18 Å². The molecule has 2 atom stereocenters. The first kappa shape index (κ1) is 18.2. The Bertz CT molecular complexity index is 781. The van der Waals surface area contributed by atoms with Crippen molar-refractivity contribution in [3.8, 4) is 0 Å². The van der Waals surface area contributed by atoms with Crippen LogP contribution in [-0.4, -0.2) is 17.6 Å². The second-order valence-corrected chi connectivity index (χ2v) is 6.12. The number of ether oxygens (including phenoxy) is 1. The van der Waals surface area contributed by atoms with E-state index in [0.717, 1.165) is 17.7 Å². The zero-order valence-corrected chi connectivity index (χ0v) is 13.7. The van der Waals surface area contributed by atoms with Gasteiger partial charge in [0.1, 0.15) is 5.69 Å². The highest BCUT2D eigenvalue weighted by molar-refractivity contribution is 5.63. The number of nitrogens with zero attached hydrogens (tertiary/aromatic N) is 1. The molecule has 0 amide bonds. The number of hydrogen-bond acceptors (Lipinski definition) is 4. The Hall–Kier alpha value is -2.61. The molecule has 26 heavy (non-hydrogen) atoms. The maximum Gasteiger partial charge on any atom is 0.416 e. The van der Waals surface area contributed by atoms with Crippen LogP contribution in [0, 0.1) is 10.1 Å². The minimum absolute atomic E-state index is 0.0849. The molecule has 0 aromatic heterocycles. The number of nitrogens with one attached hydrogen (secondary N) is 1. The lowest BCUT2D eigenvalue weighted by molar-refractivity contribution is -0.384. The van der Waals surface area contributed by atoms with Crippen LogP contribution in [0.3, 0.4) is 0 Å². The van der Waals surface area contributed by atoms with Crippen LogP contribution in [0.4, 0.5) is 24.5 Å². The van der Waals surface area contributed by atoms with E-state index in [1.165, 1.54) is 0 Å². The molecular weight excluding hydrogens is 349 g/mol. The number of rotatable bonds is 4. The van der Waals surface area contributed by atoms with Crippen molar-refractivity contribution in [1.29, 1.82) is 0 Å². The van der Waals surface area contributed by atoms with Gasteiger partial charge in [-0.05, 0) is 30.5 Å². The maximum atomic E-state index is 12.8. The summed E-state index contributed by atoms with van der Waals surface area (Å²) in [6, 6.07) is 12.0. The minimum atomic E-state index is -4.62. The van der Waals surface area contributed by atoms with Crippen molar-refractivity contribution in [3.05, 3.63) is 69.8 Å². The second-order valence-electron chi connectivity index (χ2n) is 6.12. The van der Waals surface area contributed by atoms with Crippen LogP contribution < -0.4 is 5.32 Å². The number of anilines is 1. The first-order chi connectivity index (χ1) is 12.3. The first-order valence-electron chi connectivity index (χ1n) is 8.13. The van der Waals surface area contributed by atoms with E-state index in [-0.39, 0.29) is 17.8 Å². The Morgan fingerprint density at radius 3 is 2.54 bits per heavy atom. The van der Waals surface area contributed by atoms with Crippen molar-refractivity contribution < 1.29 is 22.8 Å². The number of halogens is 3. The maximum absolute atomic E-state index is 12.8. The van der Waals surface area contributed by atoms with Gasteiger partial charge in [0, 0.05) is 18.7 Å². The topological polar surface area (TPSA) is 64.4 Å². The summed E-state index contributed by atoms with van der Waals surface area (Å²) < 4.78 is 44.2. The standard InChI is InChI=1S/C18H17F3N2O3/c19-18(20,21)13-6-7-15(16(10-13)23(24)25)22-14-8-9-26-17(11-14)12-4-2-1-3-5-12/h1-7,10,14,17,22H,8-9,11H2. The second kappa shape index (κ2) is 7.33. The van der Waals surface area contributed by atoms with Crippen molar-refractivity contribution in [3.63, 3.8) is 0 Å². The molecule has 2 aromatic carbocycles. The summed E-state index contributed by atoms with van der Waals surface area (Å²) in [5, 5.41) is 14.2. The SMILES string of the molecule is O=[N+]([O-])c1cc(C(F)(F)F)ccc1NC1CCOC(c2ccccc2)C1. The van der Waals surface area contributed by atoms with Crippen molar-refractivity contribution in [2.24, 2.45) is 0 Å². The molecular formula is C18H17F3N2O3. The molecule has 0 aliphatic carbocycles. The van der Waals surface area contributed by atoms with E-state index in [0.29, 0.717) is 25.5 Å². The van der Waals surface area contributed by atoms with Gasteiger partial charge in [0.2, 0.25) is 0 Å². The Morgan fingerprint density at radius 2 is 1.88 bits per heavy atom. The summed E-state index contributed by atoms with van der Waals surface area (Å²) >= 11 is 0. The molecule has 1 heterocycles. The smallest absolute Gasteiger partial charge is 0.377 e. The van der Waals surface area contributed by atoms with Crippen LogP contribution in [-0.2, 0) is 10.9 Å². The van der Waals surface area contributed by atoms with E-state index in [4.69, 9.17) is 4.74 Å². The highest BCUT2D eigenvalue weighted by atomic mass is 19.4. The Labute approximate surface area is 147 Å². The van der Waals surface area contributed by atoms with Crippen LogP contribution >= 0.6 is 0 Å². The first-order valence-corrected chi connectivity index (χ1v) is 8.13. The van der Waals surface area contributed by atoms with Crippen molar-refractivity contribution >= 4 is 11.4 Å². The number of benzene rings is 2. The van der Waals surface area contributed by atoms with E-state index in [2.05, 4.69) is 5.32 Å². The van der Waals surface area contributed by atoms with Gasteiger partial charge in [-0.1, -0.05) is 30.3 Å². The highest BCUT2D eigenvalue weighted by Gasteiger charge is 2.33. The normalized spacial score (nSPS) is 20.6. The molecule has 5 nitrogen and oxygen atoms in total. The monoisotopic (exact) mass is 366 g/mol. The third-order valence-electron chi connectivity index (χ3n) is 4.34. The minimum Gasteiger partial charge on any atom is -0.377 e. The molecule has 1 N–H and O–H groups in total. The molecule has 0 bridgehead atoms. The van der Waals surface area contributed by atoms with Crippen molar-refractivity contribution in [2.75, 3.05) is 11.9 Å². The lowest BCUT2D eigenvalue weighted by atomic mass is 9.97. The predicted octanol–water partition coefficient (Wildman–Crippen LogP) is 4.95. The molecule has 0 saturated carbocycles. The van der Waals surface area contributed by atoms with E-state index in [1.807, 2.05) is 30.3 Å². The average Bonchev–Trinajstić information content (AvgIpc) is 2.62. The average molecular weight is 366 g/mol. The van der Waals surface area contributed by atoms with Crippen LogP contribution in [0.2, 0.25) is 0 Å². The Kier molecular flexibility index (Phi) is 5.13. The van der Waals surface area contributed by atoms with Gasteiger partial charge in [0.05, 0.1) is 16.6 Å². The van der Waals surface area contributed by atoms with E-state index in [9.17, 15) is 23.3 Å². The van der Waals surface area contributed by atoms with Gasteiger partial charge in [-0.15, -0.1) is 0 Å². The molecule has 1 fully saturated rings. The summed E-state index contributed by atoms with van der Waals surface area (Å²) in [6.07, 6.45) is -3.60. The van der Waals surface area contributed by atoms with Gasteiger partial charge < -0.3 is 10.1 Å². The van der Waals surface area contributed by atoms with Gasteiger partial charge in [-0.3, -0.25) is 10.1 Å². The molecule has 0 spiro atoms. The van der Waals surface area contributed by atoms with Crippen LogP contribution in [0.25, 0.3) is 0 Å². The molecule has 1 aliphatic heterocycles. The number of nitro groups is 1. The summed E-state index contributed by atoms with van der Waals surface area (Å²) in [5.74, 6) is 0. The molecule has 3 rings (SSSR count). The highest BCUT2D eigenvalue weighted by Crippen LogP contribution is 2.36. The fraction of sp³-hybridized carbons (Fsp3) is 0.333. The molecule has 2 unspecified atom stereocenters. The summed E-state index contributed by atoms with van der Waals surface area (Å²) in [7, 11) is 0. The van der Waals surface area contributed by atoms with E-state index in [1.54, 1.807) is 0 Å². The largest absolute Gasteiger partial charge is 0.416 e. The molecule has 2 aromatic rings. The molecule has 1 saturated heterocycles. The summed E-state index contributed by atoms with van der Waals surface area (Å²) in [6.45, 7) is 0.464. The molecule has 8 heteroatoms. The van der Waals surface area contributed by atoms with Crippen LogP contribution in [0.1, 0.15) is 30.1 Å². The summed E-state index contributed by atoms with van der Waals surface area (Å²) in [4.78, 5) is 10.4. The Balaban J connectivity index is 1.78. The lowest BCUT2D eigenvalue weighted by Crippen LogP contribution is -2.30. The molecule has 1 aliphatic rings. The fourth-order valence-corrected chi connectivity index (χ4v) is 3.03. The lowest BCUT2D eigenvalue weighted by Gasteiger charge is -2.31. The number of hydrogen-bond donors (Lipinski definition) is 1. The van der Waals surface area contributed by atoms with Crippen LogP contribution in [0.15, 0.2) is 48.5 Å². The predicted molar refractivity (Wildman–Crippen MR) is 89.9 cm³/mol. The zero-order valence-electron chi connectivity index (χ0n) is 13.7. The van der Waals surface area contributed by atoms with Gasteiger partial charge in [-0.25, -0.2) is 0 Å². The van der Waals surface area contributed by atoms with E-state index < -0.39 is 22.4 Å². The third kappa shape index (κ3) is 4.13. The third-order valence-corrected chi connectivity index (χ3v) is 4.34. The fourth-order valence-electron chi connectivity index (χ4n) is 3.03. The molecule has 138 valence electrons. The van der Waals surface area contributed by atoms with Crippen molar-refractivity contribution in [1.82, 2.24) is 0 Å². The molecule has 0 radical (unpaired) electrons. The van der Waals surface area contributed by atoms with Crippen LogP contribution in [0.5, 0.6) is 0 Å². The van der Waals surface area contributed by atoms with Gasteiger partial charge in [0.25, 0.3) is 5.69 Å². The van der Waals surface area contributed by atoms with Gasteiger partial charge in [0.15, 0.2) is 0 Å². The quantitative estimate of drug-likeness (QED) is 0.614. The van der Waals surface area contributed by atoms with Gasteiger partial charge in [-0.2, -0.15) is 13.2 Å². The Morgan fingerprint density at radius 1 is 1.15 bits per heavy atom. The number of nitro benzene ring substituents is 1. The number of alkyl halides is 3.